The van der Waals surface area contributed by atoms with Crippen LogP contribution in [-0.2, 0) is 10.2 Å². The minimum Gasteiger partial charge on any atom is -0.264 e. The number of aromatic amines is 1. The summed E-state index contributed by atoms with van der Waals surface area (Å²) < 4.78 is 47.7. The van der Waals surface area contributed by atoms with Crippen LogP contribution in [0.1, 0.15) is 0 Å². The quantitative estimate of drug-likeness (QED) is 0.820. The standard InChI is InChI=1S/C7H3BrF2N2O2S/c8-3-1-2-4(9)5-6(3)11-12-7(5)15(10,13)14/h1-2H,(H,11,12). The predicted molar refractivity (Wildman–Crippen MR) is 52.0 cm³/mol. The Morgan fingerprint density at radius 1 is 1.40 bits per heavy atom. The van der Waals surface area contributed by atoms with Gasteiger partial charge in [-0.3, -0.25) is 5.10 Å². The van der Waals surface area contributed by atoms with E-state index < -0.39 is 21.1 Å². The minimum absolute atomic E-state index is 0.0335. The molecule has 0 aliphatic rings. The van der Waals surface area contributed by atoms with E-state index in [4.69, 9.17) is 0 Å². The van der Waals surface area contributed by atoms with Gasteiger partial charge in [0.15, 0.2) is 5.03 Å². The van der Waals surface area contributed by atoms with E-state index >= 15 is 0 Å². The number of H-pyrrole nitrogens is 1. The molecule has 0 atom stereocenters. The van der Waals surface area contributed by atoms with E-state index in [1.807, 2.05) is 5.10 Å². The van der Waals surface area contributed by atoms with Gasteiger partial charge >= 0.3 is 10.2 Å². The second-order valence-electron chi connectivity index (χ2n) is 2.74. The molecule has 15 heavy (non-hydrogen) atoms. The molecule has 80 valence electrons. The number of hydrogen-bond acceptors (Lipinski definition) is 3. The van der Waals surface area contributed by atoms with Gasteiger partial charge in [0.1, 0.15) is 11.3 Å². The lowest BCUT2D eigenvalue weighted by Crippen LogP contribution is -1.94. The van der Waals surface area contributed by atoms with Gasteiger partial charge in [-0.1, -0.05) is 3.89 Å². The van der Waals surface area contributed by atoms with Crippen LogP contribution in [0.3, 0.4) is 0 Å². The molecule has 2 aromatic rings. The third-order valence-corrected chi connectivity index (χ3v) is 3.24. The fraction of sp³-hybridized carbons (Fsp3) is 0. The Morgan fingerprint density at radius 3 is 2.67 bits per heavy atom. The lowest BCUT2D eigenvalue weighted by molar-refractivity contribution is 0.547. The highest BCUT2D eigenvalue weighted by Gasteiger charge is 2.23. The first-order valence-corrected chi connectivity index (χ1v) is 5.85. The Balaban J connectivity index is 2.98. The van der Waals surface area contributed by atoms with E-state index in [1.54, 1.807) is 0 Å². The van der Waals surface area contributed by atoms with Gasteiger partial charge in [0.2, 0.25) is 0 Å². The number of rotatable bonds is 1. The molecule has 4 nitrogen and oxygen atoms in total. The lowest BCUT2D eigenvalue weighted by Gasteiger charge is -1.95. The molecule has 2 rings (SSSR count). The Morgan fingerprint density at radius 2 is 2.07 bits per heavy atom. The molecule has 0 amide bonds. The molecule has 0 aliphatic heterocycles. The van der Waals surface area contributed by atoms with Gasteiger partial charge in [0.05, 0.1) is 5.39 Å². The Kier molecular flexibility index (Phi) is 2.27. The van der Waals surface area contributed by atoms with E-state index in [0.29, 0.717) is 4.47 Å². The molecule has 1 heterocycles. The van der Waals surface area contributed by atoms with Crippen molar-refractivity contribution >= 4 is 37.1 Å². The monoisotopic (exact) mass is 296 g/mol. The molecule has 0 spiro atoms. The summed E-state index contributed by atoms with van der Waals surface area (Å²) in [6.45, 7) is 0. The van der Waals surface area contributed by atoms with Crippen molar-refractivity contribution in [2.24, 2.45) is 0 Å². The third kappa shape index (κ3) is 1.63. The molecule has 0 unspecified atom stereocenters. The number of fused-ring (bicyclic) bond motifs is 1. The highest BCUT2D eigenvalue weighted by atomic mass is 79.9. The van der Waals surface area contributed by atoms with Crippen molar-refractivity contribution in [3.8, 4) is 0 Å². The maximum Gasteiger partial charge on any atom is 0.349 e. The summed E-state index contributed by atoms with van der Waals surface area (Å²) in [6, 6.07) is 2.38. The van der Waals surface area contributed by atoms with Crippen LogP contribution in [0.15, 0.2) is 21.6 Å². The second kappa shape index (κ2) is 3.24. The summed E-state index contributed by atoms with van der Waals surface area (Å²) in [5.41, 5.74) is 0.0335. The molecule has 1 aromatic heterocycles. The van der Waals surface area contributed by atoms with Crippen LogP contribution in [0.5, 0.6) is 0 Å². The average Bonchev–Trinajstić information content (AvgIpc) is 2.55. The highest BCUT2D eigenvalue weighted by Crippen LogP contribution is 2.29. The molecule has 8 heteroatoms. The summed E-state index contributed by atoms with van der Waals surface area (Å²) in [6.07, 6.45) is 0. The largest absolute Gasteiger partial charge is 0.349 e. The molecule has 0 saturated carbocycles. The molecule has 0 radical (unpaired) electrons. The van der Waals surface area contributed by atoms with E-state index in [1.165, 1.54) is 6.07 Å². The number of halogens is 3. The number of hydrogen-bond donors (Lipinski definition) is 1. The van der Waals surface area contributed by atoms with Gasteiger partial charge in [-0.25, -0.2) is 4.39 Å². The van der Waals surface area contributed by atoms with Gasteiger partial charge in [0, 0.05) is 4.47 Å². The van der Waals surface area contributed by atoms with Crippen LogP contribution >= 0.6 is 15.9 Å². The zero-order valence-corrected chi connectivity index (χ0v) is 9.36. The van der Waals surface area contributed by atoms with E-state index in [-0.39, 0.29) is 10.9 Å². The maximum absolute atomic E-state index is 13.3. The molecular formula is C7H3BrF2N2O2S. The normalized spacial score (nSPS) is 12.2. The summed E-state index contributed by atoms with van der Waals surface area (Å²) in [5, 5.41) is 4.22. The molecule has 0 bridgehead atoms. The van der Waals surface area contributed by atoms with Crippen LogP contribution in [0.4, 0.5) is 8.28 Å². The second-order valence-corrected chi connectivity index (χ2v) is 4.88. The fourth-order valence-electron chi connectivity index (χ4n) is 1.21. The van der Waals surface area contributed by atoms with Crippen LogP contribution in [0.25, 0.3) is 10.9 Å². The van der Waals surface area contributed by atoms with Gasteiger partial charge in [-0.15, -0.1) is 0 Å². The van der Waals surface area contributed by atoms with Crippen molar-refractivity contribution < 1.29 is 16.7 Å². The van der Waals surface area contributed by atoms with Crippen molar-refractivity contribution in [3.63, 3.8) is 0 Å². The van der Waals surface area contributed by atoms with Gasteiger partial charge in [-0.2, -0.15) is 13.5 Å². The molecule has 0 fully saturated rings. The first kappa shape index (κ1) is 10.5. The summed E-state index contributed by atoms with van der Waals surface area (Å²) >= 11 is 3.04. The molecule has 0 aliphatic carbocycles. The first-order valence-electron chi connectivity index (χ1n) is 3.68. The van der Waals surface area contributed by atoms with Crippen molar-refractivity contribution in [3.05, 3.63) is 22.4 Å². The van der Waals surface area contributed by atoms with Crippen molar-refractivity contribution in [1.29, 1.82) is 0 Å². The number of aromatic nitrogens is 2. The lowest BCUT2D eigenvalue weighted by atomic mass is 10.2. The summed E-state index contributed by atoms with van der Waals surface area (Å²) in [5.74, 6) is -0.849. The smallest absolute Gasteiger partial charge is 0.264 e. The molecule has 0 saturated heterocycles. The third-order valence-electron chi connectivity index (χ3n) is 1.82. The van der Waals surface area contributed by atoms with Crippen LogP contribution in [0, 0.1) is 5.82 Å². The predicted octanol–water partition coefficient (Wildman–Crippen LogP) is 2.12. The summed E-state index contributed by atoms with van der Waals surface area (Å²) in [4.78, 5) is 0. The van der Waals surface area contributed by atoms with Gasteiger partial charge in [0.25, 0.3) is 0 Å². The number of nitrogens with zero attached hydrogens (tertiary/aromatic N) is 1. The van der Waals surface area contributed by atoms with E-state index in [0.717, 1.165) is 6.07 Å². The fourth-order valence-corrected chi connectivity index (χ4v) is 2.22. The Labute approximate surface area is 91.6 Å². The topological polar surface area (TPSA) is 62.8 Å². The Bertz CT molecular complexity index is 638. The molecule has 1 aromatic carbocycles. The molecule has 1 N–H and O–H groups in total. The minimum atomic E-state index is -5.00. The summed E-state index contributed by atoms with van der Waals surface area (Å²) in [7, 11) is -5.00. The zero-order valence-electron chi connectivity index (χ0n) is 6.96. The first-order chi connectivity index (χ1) is 6.91. The van der Waals surface area contributed by atoms with Gasteiger partial charge in [-0.05, 0) is 28.1 Å². The van der Waals surface area contributed by atoms with Gasteiger partial charge < -0.3 is 0 Å². The van der Waals surface area contributed by atoms with E-state index in [9.17, 15) is 16.7 Å². The van der Waals surface area contributed by atoms with E-state index in [2.05, 4.69) is 21.0 Å². The van der Waals surface area contributed by atoms with Crippen molar-refractivity contribution in [2.45, 2.75) is 5.03 Å². The SMILES string of the molecule is O=S(=O)(F)c1[nH]nc2c(Br)ccc(F)c12. The van der Waals surface area contributed by atoms with Crippen LogP contribution in [-0.4, -0.2) is 18.6 Å². The number of nitrogens with one attached hydrogen (secondary N) is 1. The average molecular weight is 297 g/mol. The zero-order chi connectivity index (χ0) is 11.2. The Hall–Kier alpha value is -1.02. The number of benzene rings is 1. The molecular weight excluding hydrogens is 294 g/mol. The van der Waals surface area contributed by atoms with Crippen LogP contribution < -0.4 is 0 Å². The maximum atomic E-state index is 13.3. The van der Waals surface area contributed by atoms with Crippen LogP contribution in [0.2, 0.25) is 0 Å². The van der Waals surface area contributed by atoms with Crippen molar-refractivity contribution in [2.75, 3.05) is 0 Å². The highest BCUT2D eigenvalue weighted by molar-refractivity contribution is 9.10. The van der Waals surface area contributed by atoms with Crippen molar-refractivity contribution in [1.82, 2.24) is 10.2 Å².